The number of nitrogens with two attached hydrogens (primary N) is 1. The minimum absolute atomic E-state index is 0.266. The molecule has 0 amide bonds. The summed E-state index contributed by atoms with van der Waals surface area (Å²) in [6, 6.07) is 10.7. The minimum atomic E-state index is -0.464. The summed E-state index contributed by atoms with van der Waals surface area (Å²) in [6.45, 7) is -0.266. The van der Waals surface area contributed by atoms with E-state index in [1.807, 2.05) is 18.2 Å². The van der Waals surface area contributed by atoms with Crippen molar-refractivity contribution in [3.05, 3.63) is 52.1 Å². The Hall–Kier alpha value is -2.61. The molecule has 2 aromatic carbocycles. The molecule has 2 rings (SSSR count). The number of methoxy groups -OCH3 is 3. The second-order valence-electron chi connectivity index (χ2n) is 5.12. The molecule has 25 heavy (non-hydrogen) atoms. The number of nitrogens with zero attached hydrogens (tertiary/aromatic N) is 1. The quantitative estimate of drug-likeness (QED) is 0.332. The predicted octanol–water partition coefficient (Wildman–Crippen LogP) is 3.40. The summed E-state index contributed by atoms with van der Waals surface area (Å²) < 4.78 is 16.0. The van der Waals surface area contributed by atoms with Gasteiger partial charge in [-0.1, -0.05) is 12.1 Å². The first-order valence-electron chi connectivity index (χ1n) is 7.43. The lowest BCUT2D eigenvalue weighted by Crippen LogP contribution is -2.11. The van der Waals surface area contributed by atoms with Crippen molar-refractivity contribution in [1.82, 2.24) is 0 Å². The number of para-hydroxylation sites is 1. The fourth-order valence-electron chi connectivity index (χ4n) is 2.37. The SMILES string of the molecule is COc1cc([C@H](C[N+](=O)[O-])Sc2ccccc2N)cc(OC)c1OC. The summed E-state index contributed by atoms with van der Waals surface area (Å²) in [5.74, 6) is 1.34. The van der Waals surface area contributed by atoms with E-state index in [0.717, 1.165) is 4.90 Å². The average Bonchev–Trinajstić information content (AvgIpc) is 2.61. The second-order valence-corrected chi connectivity index (χ2v) is 6.36. The molecule has 0 saturated heterocycles. The molecule has 134 valence electrons. The van der Waals surface area contributed by atoms with Crippen molar-refractivity contribution < 1.29 is 19.1 Å². The molecule has 1 atom stereocenters. The van der Waals surface area contributed by atoms with Crippen LogP contribution in [0.15, 0.2) is 41.3 Å². The van der Waals surface area contributed by atoms with Gasteiger partial charge in [0.05, 0.1) is 26.6 Å². The molecule has 0 radical (unpaired) electrons. The summed E-state index contributed by atoms with van der Waals surface area (Å²) in [4.78, 5) is 11.6. The van der Waals surface area contributed by atoms with Crippen LogP contribution in [0.4, 0.5) is 5.69 Å². The first-order valence-corrected chi connectivity index (χ1v) is 8.31. The van der Waals surface area contributed by atoms with Crippen LogP contribution < -0.4 is 19.9 Å². The molecule has 0 unspecified atom stereocenters. The molecule has 0 spiro atoms. The number of hydrogen-bond donors (Lipinski definition) is 1. The van der Waals surface area contributed by atoms with Crippen LogP contribution in [-0.4, -0.2) is 32.8 Å². The van der Waals surface area contributed by atoms with Gasteiger partial charge in [-0.3, -0.25) is 10.1 Å². The van der Waals surface area contributed by atoms with Gasteiger partial charge in [0, 0.05) is 15.5 Å². The van der Waals surface area contributed by atoms with Gasteiger partial charge in [0.25, 0.3) is 0 Å². The third kappa shape index (κ3) is 4.48. The van der Waals surface area contributed by atoms with Crippen LogP contribution in [0.3, 0.4) is 0 Å². The zero-order valence-corrected chi connectivity index (χ0v) is 15.0. The Morgan fingerprint density at radius 3 is 2.20 bits per heavy atom. The molecule has 0 heterocycles. The first-order chi connectivity index (χ1) is 12.0. The number of rotatable bonds is 8. The zero-order valence-electron chi connectivity index (χ0n) is 14.2. The van der Waals surface area contributed by atoms with Crippen molar-refractivity contribution in [2.45, 2.75) is 10.1 Å². The second kappa shape index (κ2) is 8.48. The van der Waals surface area contributed by atoms with Gasteiger partial charge in [-0.05, 0) is 29.8 Å². The standard InChI is InChI=1S/C17H20N2O5S/c1-22-13-8-11(9-14(23-2)17(13)24-3)16(10-19(20)21)25-15-7-5-4-6-12(15)18/h4-9,16H,10,18H2,1-3H3/t16-/m0/s1. The summed E-state index contributed by atoms with van der Waals surface area (Å²) >= 11 is 1.33. The van der Waals surface area contributed by atoms with Crippen LogP contribution in [-0.2, 0) is 0 Å². The van der Waals surface area contributed by atoms with Crippen LogP contribution in [0.1, 0.15) is 10.8 Å². The van der Waals surface area contributed by atoms with E-state index in [2.05, 4.69) is 0 Å². The smallest absolute Gasteiger partial charge is 0.220 e. The first kappa shape index (κ1) is 18.7. The van der Waals surface area contributed by atoms with E-state index in [1.165, 1.54) is 33.1 Å². The molecule has 0 aromatic heterocycles. The molecular weight excluding hydrogens is 344 g/mol. The molecule has 0 aliphatic rings. The van der Waals surface area contributed by atoms with Gasteiger partial charge in [-0.15, -0.1) is 11.8 Å². The molecule has 2 aromatic rings. The Morgan fingerprint density at radius 1 is 1.12 bits per heavy atom. The molecule has 8 heteroatoms. The maximum absolute atomic E-state index is 11.2. The lowest BCUT2D eigenvalue weighted by molar-refractivity contribution is -0.479. The number of thioether (sulfide) groups is 1. The third-order valence-corrected chi connectivity index (χ3v) is 4.89. The molecule has 0 bridgehead atoms. The van der Waals surface area contributed by atoms with E-state index >= 15 is 0 Å². The highest BCUT2D eigenvalue weighted by molar-refractivity contribution is 7.99. The van der Waals surface area contributed by atoms with Crippen LogP contribution in [0.2, 0.25) is 0 Å². The number of ether oxygens (including phenoxy) is 3. The summed E-state index contributed by atoms with van der Waals surface area (Å²) in [6.07, 6.45) is 0. The van der Waals surface area contributed by atoms with Crippen molar-refractivity contribution >= 4 is 17.4 Å². The zero-order chi connectivity index (χ0) is 18.4. The van der Waals surface area contributed by atoms with E-state index in [-0.39, 0.29) is 11.5 Å². The number of benzene rings is 2. The molecule has 2 N–H and O–H groups in total. The van der Waals surface area contributed by atoms with Crippen molar-refractivity contribution in [1.29, 1.82) is 0 Å². The topological polar surface area (TPSA) is 96.9 Å². The van der Waals surface area contributed by atoms with Gasteiger partial charge in [0.2, 0.25) is 12.3 Å². The lowest BCUT2D eigenvalue weighted by atomic mass is 10.1. The fourth-order valence-corrected chi connectivity index (χ4v) is 3.51. The Kier molecular flexibility index (Phi) is 6.35. The molecule has 7 nitrogen and oxygen atoms in total. The molecule has 0 fully saturated rings. The van der Waals surface area contributed by atoms with Crippen LogP contribution >= 0.6 is 11.8 Å². The van der Waals surface area contributed by atoms with Crippen LogP contribution in [0, 0.1) is 10.1 Å². The summed E-state index contributed by atoms with van der Waals surface area (Å²) in [7, 11) is 4.52. The largest absolute Gasteiger partial charge is 0.493 e. The Bertz CT molecular complexity index is 729. The monoisotopic (exact) mass is 364 g/mol. The molecule has 0 saturated carbocycles. The maximum Gasteiger partial charge on any atom is 0.220 e. The number of hydrogen-bond acceptors (Lipinski definition) is 7. The van der Waals surface area contributed by atoms with Crippen LogP contribution in [0.5, 0.6) is 17.2 Å². The van der Waals surface area contributed by atoms with Crippen molar-refractivity contribution in [3.63, 3.8) is 0 Å². The highest BCUT2D eigenvalue weighted by atomic mass is 32.2. The van der Waals surface area contributed by atoms with Gasteiger partial charge in [0.15, 0.2) is 11.5 Å². The van der Waals surface area contributed by atoms with Crippen LogP contribution in [0.25, 0.3) is 0 Å². The molecular formula is C17H20N2O5S. The van der Waals surface area contributed by atoms with Crippen molar-refractivity contribution in [2.75, 3.05) is 33.6 Å². The van der Waals surface area contributed by atoms with Gasteiger partial charge in [-0.2, -0.15) is 0 Å². The van der Waals surface area contributed by atoms with Crippen molar-refractivity contribution in [2.24, 2.45) is 0 Å². The highest BCUT2D eigenvalue weighted by Gasteiger charge is 2.24. The summed E-state index contributed by atoms with van der Waals surface area (Å²) in [5.41, 5.74) is 7.25. The lowest BCUT2D eigenvalue weighted by Gasteiger charge is -2.18. The van der Waals surface area contributed by atoms with Crippen molar-refractivity contribution in [3.8, 4) is 17.2 Å². The minimum Gasteiger partial charge on any atom is -0.493 e. The van der Waals surface area contributed by atoms with E-state index in [1.54, 1.807) is 18.2 Å². The normalized spacial score (nSPS) is 11.6. The Labute approximate surface area is 150 Å². The Balaban J connectivity index is 2.47. The number of nitrogen functional groups attached to an aromatic ring is 1. The van der Waals surface area contributed by atoms with Gasteiger partial charge in [-0.25, -0.2) is 0 Å². The summed E-state index contributed by atoms with van der Waals surface area (Å²) in [5, 5.41) is 10.7. The van der Waals surface area contributed by atoms with Gasteiger partial charge in [0.1, 0.15) is 0 Å². The van der Waals surface area contributed by atoms with E-state index in [9.17, 15) is 10.1 Å². The highest BCUT2D eigenvalue weighted by Crippen LogP contribution is 2.44. The van der Waals surface area contributed by atoms with Gasteiger partial charge >= 0.3 is 0 Å². The molecule has 0 aliphatic heterocycles. The van der Waals surface area contributed by atoms with Gasteiger partial charge < -0.3 is 19.9 Å². The molecule has 0 aliphatic carbocycles. The van der Waals surface area contributed by atoms with E-state index < -0.39 is 5.25 Å². The van der Waals surface area contributed by atoms with E-state index in [4.69, 9.17) is 19.9 Å². The fraction of sp³-hybridized carbons (Fsp3) is 0.294. The Morgan fingerprint density at radius 2 is 1.72 bits per heavy atom. The van der Waals surface area contributed by atoms with E-state index in [0.29, 0.717) is 28.5 Å². The average molecular weight is 364 g/mol. The maximum atomic E-state index is 11.2. The predicted molar refractivity (Wildman–Crippen MR) is 97.4 cm³/mol. The number of nitro groups is 1. The third-order valence-electron chi connectivity index (χ3n) is 3.56. The number of anilines is 1.